The summed E-state index contributed by atoms with van der Waals surface area (Å²) in [5.74, 6) is 6.02. The Morgan fingerprint density at radius 1 is 1.29 bits per heavy atom. The lowest BCUT2D eigenvalue weighted by atomic mass is 10.1. The number of nitrogen functional groups attached to an aromatic ring is 1. The molecule has 0 amide bonds. The van der Waals surface area contributed by atoms with E-state index in [1.807, 2.05) is 39.1 Å². The van der Waals surface area contributed by atoms with Crippen molar-refractivity contribution in [2.45, 2.75) is 13.8 Å². The molecule has 0 atom stereocenters. The standard InChI is InChI=1S/C14H17N5O2/c1-9-4-5-12(10(2)6-9)18(3)14-8-11(19(20)21)7-13(16-14)17-15/h4-8H,15H2,1-3H3,(H,16,17). The summed E-state index contributed by atoms with van der Waals surface area (Å²) in [5, 5.41) is 11.0. The Morgan fingerprint density at radius 3 is 2.57 bits per heavy atom. The van der Waals surface area contributed by atoms with Gasteiger partial charge in [-0.3, -0.25) is 10.1 Å². The molecular weight excluding hydrogens is 270 g/mol. The lowest BCUT2D eigenvalue weighted by molar-refractivity contribution is -0.384. The first-order valence-electron chi connectivity index (χ1n) is 6.36. The molecule has 1 heterocycles. The number of hydrazine groups is 1. The SMILES string of the molecule is Cc1ccc(N(C)c2cc([N+](=O)[O-])cc(NN)n2)c(C)c1. The maximum Gasteiger partial charge on any atom is 0.276 e. The number of nitrogens with zero attached hydrogens (tertiary/aromatic N) is 3. The molecule has 21 heavy (non-hydrogen) atoms. The number of pyridine rings is 1. The lowest BCUT2D eigenvalue weighted by Gasteiger charge is -2.21. The van der Waals surface area contributed by atoms with Crippen molar-refractivity contribution >= 4 is 23.0 Å². The summed E-state index contributed by atoms with van der Waals surface area (Å²) in [6.07, 6.45) is 0. The molecule has 0 saturated carbocycles. The topological polar surface area (TPSA) is 97.3 Å². The number of hydrogen-bond acceptors (Lipinski definition) is 6. The summed E-state index contributed by atoms with van der Waals surface area (Å²) in [6.45, 7) is 4.00. The number of anilines is 3. The fourth-order valence-electron chi connectivity index (χ4n) is 2.16. The zero-order valence-electron chi connectivity index (χ0n) is 12.1. The monoisotopic (exact) mass is 287 g/mol. The van der Waals surface area contributed by atoms with Gasteiger partial charge in [0.05, 0.1) is 17.1 Å². The number of nitrogens with one attached hydrogen (secondary N) is 1. The number of hydrogen-bond donors (Lipinski definition) is 2. The molecule has 7 nitrogen and oxygen atoms in total. The second-order valence-corrected chi connectivity index (χ2v) is 4.82. The van der Waals surface area contributed by atoms with Gasteiger partial charge in [0, 0.05) is 12.7 Å². The molecule has 1 aromatic heterocycles. The van der Waals surface area contributed by atoms with Gasteiger partial charge < -0.3 is 10.3 Å². The van der Waals surface area contributed by atoms with Crippen molar-refractivity contribution in [1.82, 2.24) is 4.98 Å². The predicted molar refractivity (Wildman–Crippen MR) is 82.7 cm³/mol. The number of aryl methyl sites for hydroxylation is 2. The first-order valence-corrected chi connectivity index (χ1v) is 6.36. The summed E-state index contributed by atoms with van der Waals surface area (Å²) in [6, 6.07) is 8.70. The van der Waals surface area contributed by atoms with E-state index in [1.165, 1.54) is 12.1 Å². The summed E-state index contributed by atoms with van der Waals surface area (Å²) < 4.78 is 0. The van der Waals surface area contributed by atoms with Crippen LogP contribution in [0.25, 0.3) is 0 Å². The first kappa shape index (κ1) is 14.7. The van der Waals surface area contributed by atoms with Crippen LogP contribution in [0.15, 0.2) is 30.3 Å². The van der Waals surface area contributed by atoms with Crippen LogP contribution in [0.2, 0.25) is 0 Å². The Hall–Kier alpha value is -2.67. The highest BCUT2D eigenvalue weighted by Crippen LogP contribution is 2.29. The lowest BCUT2D eigenvalue weighted by Crippen LogP contribution is -2.15. The van der Waals surface area contributed by atoms with E-state index in [9.17, 15) is 10.1 Å². The third kappa shape index (κ3) is 3.09. The Kier molecular flexibility index (Phi) is 4.04. The van der Waals surface area contributed by atoms with Crippen molar-refractivity contribution in [1.29, 1.82) is 0 Å². The molecule has 0 saturated heterocycles. The van der Waals surface area contributed by atoms with Gasteiger partial charge in [0.1, 0.15) is 11.6 Å². The molecule has 110 valence electrons. The summed E-state index contributed by atoms with van der Waals surface area (Å²) in [7, 11) is 1.81. The molecule has 0 aliphatic carbocycles. The quantitative estimate of drug-likeness (QED) is 0.509. The third-order valence-corrected chi connectivity index (χ3v) is 3.21. The van der Waals surface area contributed by atoms with Gasteiger partial charge in [-0.1, -0.05) is 17.7 Å². The van der Waals surface area contributed by atoms with Gasteiger partial charge in [0.15, 0.2) is 0 Å². The van der Waals surface area contributed by atoms with Crippen LogP contribution in [0.3, 0.4) is 0 Å². The van der Waals surface area contributed by atoms with E-state index in [0.29, 0.717) is 5.82 Å². The highest BCUT2D eigenvalue weighted by atomic mass is 16.6. The molecule has 0 fully saturated rings. The number of benzene rings is 1. The summed E-state index contributed by atoms with van der Waals surface area (Å²) in [4.78, 5) is 16.6. The second kappa shape index (κ2) is 5.76. The van der Waals surface area contributed by atoms with Crippen LogP contribution >= 0.6 is 0 Å². The average Bonchev–Trinajstić information content (AvgIpc) is 2.46. The Labute approximate surface area is 122 Å². The van der Waals surface area contributed by atoms with Crippen LogP contribution in [0.5, 0.6) is 0 Å². The fraction of sp³-hybridized carbons (Fsp3) is 0.214. The molecule has 3 N–H and O–H groups in total. The number of aromatic nitrogens is 1. The van der Waals surface area contributed by atoms with E-state index >= 15 is 0 Å². The predicted octanol–water partition coefficient (Wildman–Crippen LogP) is 2.66. The van der Waals surface area contributed by atoms with Crippen LogP contribution < -0.4 is 16.2 Å². The van der Waals surface area contributed by atoms with Crippen molar-refractivity contribution < 1.29 is 4.92 Å². The van der Waals surface area contributed by atoms with E-state index in [2.05, 4.69) is 10.4 Å². The van der Waals surface area contributed by atoms with Gasteiger partial charge in [-0.25, -0.2) is 10.8 Å². The van der Waals surface area contributed by atoms with Gasteiger partial charge in [0.2, 0.25) is 0 Å². The normalized spacial score (nSPS) is 10.3. The van der Waals surface area contributed by atoms with Crippen LogP contribution in [0.4, 0.5) is 23.0 Å². The van der Waals surface area contributed by atoms with Crippen molar-refractivity contribution in [3.63, 3.8) is 0 Å². The molecule has 7 heteroatoms. The number of rotatable bonds is 4. The highest BCUT2D eigenvalue weighted by Gasteiger charge is 2.15. The van der Waals surface area contributed by atoms with Crippen LogP contribution in [0, 0.1) is 24.0 Å². The van der Waals surface area contributed by atoms with Crippen molar-refractivity contribution in [3.05, 3.63) is 51.6 Å². The van der Waals surface area contributed by atoms with Gasteiger partial charge in [0.25, 0.3) is 5.69 Å². The van der Waals surface area contributed by atoms with Crippen molar-refractivity contribution in [2.75, 3.05) is 17.4 Å². The smallest absolute Gasteiger partial charge is 0.276 e. The van der Waals surface area contributed by atoms with E-state index in [4.69, 9.17) is 5.84 Å². The fourth-order valence-corrected chi connectivity index (χ4v) is 2.16. The highest BCUT2D eigenvalue weighted by molar-refractivity contribution is 5.67. The van der Waals surface area contributed by atoms with E-state index < -0.39 is 4.92 Å². The molecule has 1 aromatic carbocycles. The van der Waals surface area contributed by atoms with Crippen molar-refractivity contribution in [2.24, 2.45) is 5.84 Å². The molecule has 0 aliphatic heterocycles. The van der Waals surface area contributed by atoms with E-state index in [1.54, 1.807) is 4.90 Å². The molecule has 0 spiro atoms. The Bertz CT molecular complexity index is 687. The minimum Gasteiger partial charge on any atom is -0.329 e. The van der Waals surface area contributed by atoms with E-state index in [0.717, 1.165) is 16.8 Å². The number of nitro groups is 1. The van der Waals surface area contributed by atoms with Crippen molar-refractivity contribution in [3.8, 4) is 0 Å². The van der Waals surface area contributed by atoms with Gasteiger partial charge in [-0.05, 0) is 25.5 Å². The maximum atomic E-state index is 11.0. The zero-order valence-corrected chi connectivity index (χ0v) is 12.1. The molecule has 2 rings (SSSR count). The van der Waals surface area contributed by atoms with Crippen LogP contribution in [-0.2, 0) is 0 Å². The number of nitrogens with two attached hydrogens (primary N) is 1. The molecule has 0 aliphatic rings. The summed E-state index contributed by atoms with van der Waals surface area (Å²) in [5.41, 5.74) is 5.43. The molecule has 0 radical (unpaired) electrons. The largest absolute Gasteiger partial charge is 0.329 e. The minimum atomic E-state index is -0.470. The average molecular weight is 287 g/mol. The first-order chi connectivity index (χ1) is 9.92. The maximum absolute atomic E-state index is 11.0. The second-order valence-electron chi connectivity index (χ2n) is 4.82. The van der Waals surface area contributed by atoms with E-state index in [-0.39, 0.29) is 11.5 Å². The van der Waals surface area contributed by atoms with Gasteiger partial charge in [-0.15, -0.1) is 0 Å². The summed E-state index contributed by atoms with van der Waals surface area (Å²) >= 11 is 0. The molecule has 0 unspecified atom stereocenters. The van der Waals surface area contributed by atoms with Crippen LogP contribution in [0.1, 0.15) is 11.1 Å². The molecule has 0 bridgehead atoms. The Morgan fingerprint density at radius 2 is 2.00 bits per heavy atom. The van der Waals surface area contributed by atoms with Gasteiger partial charge in [-0.2, -0.15) is 0 Å². The molecule has 2 aromatic rings. The zero-order chi connectivity index (χ0) is 15.6. The van der Waals surface area contributed by atoms with Gasteiger partial charge >= 0.3 is 0 Å². The molecular formula is C14H17N5O2. The minimum absolute atomic E-state index is 0.0652. The Balaban J connectivity index is 2.49. The van der Waals surface area contributed by atoms with Crippen LogP contribution in [-0.4, -0.2) is 17.0 Å². The third-order valence-electron chi connectivity index (χ3n) is 3.21.